The molecule has 0 bridgehead atoms. The van der Waals surface area contributed by atoms with Crippen LogP contribution >= 0.6 is 31.9 Å². The quantitative estimate of drug-likeness (QED) is 0.365. The standard InChI is InChI=1S/C6H4Br2N2O2/c7-3-4-1-5(10(11)12)2-6(8)9-4/h1-2H,3H2. The Morgan fingerprint density at radius 1 is 1.58 bits per heavy atom. The van der Waals surface area contributed by atoms with Gasteiger partial charge in [-0.3, -0.25) is 10.1 Å². The topological polar surface area (TPSA) is 56.0 Å². The van der Waals surface area contributed by atoms with Gasteiger partial charge in [-0.25, -0.2) is 4.98 Å². The summed E-state index contributed by atoms with van der Waals surface area (Å²) in [6, 6.07) is 2.80. The smallest absolute Gasteiger partial charge is 0.258 e. The van der Waals surface area contributed by atoms with Gasteiger partial charge in [0.2, 0.25) is 0 Å². The Kier molecular flexibility index (Phi) is 3.16. The van der Waals surface area contributed by atoms with E-state index in [9.17, 15) is 10.1 Å². The Morgan fingerprint density at radius 3 is 2.75 bits per heavy atom. The predicted molar refractivity (Wildman–Crippen MR) is 51.2 cm³/mol. The van der Waals surface area contributed by atoms with Crippen molar-refractivity contribution in [1.82, 2.24) is 4.98 Å². The largest absolute Gasteiger partial charge is 0.273 e. The maximum Gasteiger partial charge on any atom is 0.273 e. The van der Waals surface area contributed by atoms with Crippen LogP contribution < -0.4 is 0 Å². The summed E-state index contributed by atoms with van der Waals surface area (Å²) in [6.45, 7) is 0. The minimum atomic E-state index is -0.446. The Bertz CT molecular complexity index is 316. The van der Waals surface area contributed by atoms with E-state index in [1.165, 1.54) is 12.1 Å². The molecule has 1 aromatic heterocycles. The van der Waals surface area contributed by atoms with Crippen molar-refractivity contribution in [3.8, 4) is 0 Å². The van der Waals surface area contributed by atoms with Crippen LogP contribution in [0.5, 0.6) is 0 Å². The van der Waals surface area contributed by atoms with E-state index in [0.29, 0.717) is 15.6 Å². The number of aromatic nitrogens is 1. The molecular formula is C6H4Br2N2O2. The molecule has 0 N–H and O–H groups in total. The van der Waals surface area contributed by atoms with E-state index in [2.05, 4.69) is 36.8 Å². The molecule has 0 atom stereocenters. The highest BCUT2D eigenvalue weighted by atomic mass is 79.9. The van der Waals surface area contributed by atoms with Gasteiger partial charge in [-0.05, 0) is 15.9 Å². The molecule has 0 aliphatic carbocycles. The summed E-state index contributed by atoms with van der Waals surface area (Å²) in [5.41, 5.74) is 0.683. The van der Waals surface area contributed by atoms with Crippen molar-refractivity contribution in [1.29, 1.82) is 0 Å². The molecule has 4 nitrogen and oxygen atoms in total. The Hall–Kier alpha value is -0.490. The lowest BCUT2D eigenvalue weighted by Gasteiger charge is -1.96. The van der Waals surface area contributed by atoms with Crippen molar-refractivity contribution >= 4 is 37.5 Å². The summed E-state index contributed by atoms with van der Waals surface area (Å²) in [4.78, 5) is 13.9. The molecule has 1 heterocycles. The summed E-state index contributed by atoms with van der Waals surface area (Å²) < 4.78 is 0.478. The third-order valence-corrected chi connectivity index (χ3v) is 2.16. The molecule has 1 aromatic rings. The van der Waals surface area contributed by atoms with E-state index in [0.717, 1.165) is 0 Å². The average molecular weight is 296 g/mol. The molecule has 0 amide bonds. The first-order chi connectivity index (χ1) is 5.63. The summed E-state index contributed by atoms with van der Waals surface area (Å²) in [6.07, 6.45) is 0. The van der Waals surface area contributed by atoms with E-state index in [1.807, 2.05) is 0 Å². The SMILES string of the molecule is O=[N+]([O-])c1cc(Br)nc(CBr)c1. The van der Waals surface area contributed by atoms with Gasteiger partial charge in [0.15, 0.2) is 0 Å². The van der Waals surface area contributed by atoms with Crippen LogP contribution in [0.25, 0.3) is 0 Å². The maximum absolute atomic E-state index is 10.4. The number of alkyl halides is 1. The summed E-state index contributed by atoms with van der Waals surface area (Å²) in [5, 5.41) is 10.9. The predicted octanol–water partition coefficient (Wildman–Crippen LogP) is 2.65. The van der Waals surface area contributed by atoms with Gasteiger partial charge in [0, 0.05) is 17.5 Å². The fourth-order valence-corrected chi connectivity index (χ4v) is 1.46. The first-order valence-electron chi connectivity index (χ1n) is 3.00. The van der Waals surface area contributed by atoms with Gasteiger partial charge in [0.1, 0.15) is 4.60 Å². The Morgan fingerprint density at radius 2 is 2.25 bits per heavy atom. The van der Waals surface area contributed by atoms with Crippen molar-refractivity contribution in [3.63, 3.8) is 0 Å². The number of hydrogen-bond acceptors (Lipinski definition) is 3. The zero-order valence-corrected chi connectivity index (χ0v) is 9.00. The van der Waals surface area contributed by atoms with Crippen LogP contribution in [0.1, 0.15) is 5.69 Å². The van der Waals surface area contributed by atoms with E-state index >= 15 is 0 Å². The van der Waals surface area contributed by atoms with Crippen molar-refractivity contribution < 1.29 is 4.92 Å². The number of halogens is 2. The van der Waals surface area contributed by atoms with Crippen molar-refractivity contribution in [3.05, 3.63) is 32.5 Å². The molecule has 0 aliphatic rings. The minimum Gasteiger partial charge on any atom is -0.258 e. The second-order valence-corrected chi connectivity index (χ2v) is 3.40. The number of nitro groups is 1. The highest BCUT2D eigenvalue weighted by Crippen LogP contribution is 2.19. The summed E-state index contributed by atoms with van der Waals surface area (Å²) >= 11 is 6.25. The third-order valence-electron chi connectivity index (χ3n) is 1.18. The molecule has 12 heavy (non-hydrogen) atoms. The lowest BCUT2D eigenvalue weighted by Crippen LogP contribution is -1.92. The van der Waals surface area contributed by atoms with Gasteiger partial charge in [-0.2, -0.15) is 0 Å². The molecule has 0 aliphatic heterocycles. The second-order valence-electron chi connectivity index (χ2n) is 2.03. The Labute approximate surface area is 85.4 Å². The van der Waals surface area contributed by atoms with Crippen molar-refractivity contribution in [2.24, 2.45) is 0 Å². The first-order valence-corrected chi connectivity index (χ1v) is 4.91. The molecule has 1 rings (SSSR count). The highest BCUT2D eigenvalue weighted by Gasteiger charge is 2.08. The van der Waals surface area contributed by atoms with E-state index in [-0.39, 0.29) is 5.69 Å². The van der Waals surface area contributed by atoms with Crippen LogP contribution in [0, 0.1) is 10.1 Å². The second kappa shape index (κ2) is 3.95. The number of hydrogen-bond donors (Lipinski definition) is 0. The lowest BCUT2D eigenvalue weighted by molar-refractivity contribution is -0.385. The van der Waals surface area contributed by atoms with Crippen LogP contribution in [0.2, 0.25) is 0 Å². The monoisotopic (exact) mass is 294 g/mol. The van der Waals surface area contributed by atoms with Crippen LogP contribution in [0.4, 0.5) is 5.69 Å². The van der Waals surface area contributed by atoms with E-state index in [4.69, 9.17) is 0 Å². The highest BCUT2D eigenvalue weighted by molar-refractivity contribution is 9.10. The normalized spacial score (nSPS) is 9.83. The molecule has 0 radical (unpaired) electrons. The molecule has 0 saturated heterocycles. The third kappa shape index (κ3) is 2.25. The lowest BCUT2D eigenvalue weighted by atomic mass is 10.3. The molecule has 0 spiro atoms. The van der Waals surface area contributed by atoms with E-state index in [1.54, 1.807) is 0 Å². The molecule has 0 fully saturated rings. The molecule has 0 aromatic carbocycles. The van der Waals surface area contributed by atoms with Crippen LogP contribution in [-0.4, -0.2) is 9.91 Å². The molecular weight excluding hydrogens is 292 g/mol. The average Bonchev–Trinajstić information content (AvgIpc) is 2.03. The fourth-order valence-electron chi connectivity index (χ4n) is 0.710. The zero-order valence-electron chi connectivity index (χ0n) is 5.83. The van der Waals surface area contributed by atoms with Gasteiger partial charge in [-0.15, -0.1) is 0 Å². The number of nitrogens with zero attached hydrogens (tertiary/aromatic N) is 2. The van der Waals surface area contributed by atoms with Crippen molar-refractivity contribution in [2.75, 3.05) is 0 Å². The van der Waals surface area contributed by atoms with Gasteiger partial charge >= 0.3 is 0 Å². The fraction of sp³-hybridized carbons (Fsp3) is 0.167. The molecule has 0 saturated carbocycles. The number of pyridine rings is 1. The first kappa shape index (κ1) is 9.60. The summed E-state index contributed by atoms with van der Waals surface area (Å²) in [7, 11) is 0. The zero-order chi connectivity index (χ0) is 9.14. The van der Waals surface area contributed by atoms with Gasteiger partial charge in [-0.1, -0.05) is 15.9 Å². The molecule has 64 valence electrons. The minimum absolute atomic E-state index is 0.0475. The van der Waals surface area contributed by atoms with Gasteiger partial charge in [0.05, 0.1) is 10.6 Å². The van der Waals surface area contributed by atoms with Gasteiger partial charge in [0.25, 0.3) is 5.69 Å². The summed E-state index contributed by atoms with van der Waals surface area (Å²) in [5.74, 6) is 0. The van der Waals surface area contributed by atoms with Crippen LogP contribution in [-0.2, 0) is 5.33 Å². The van der Waals surface area contributed by atoms with Gasteiger partial charge < -0.3 is 0 Å². The van der Waals surface area contributed by atoms with Crippen LogP contribution in [0.3, 0.4) is 0 Å². The Balaban J connectivity index is 3.15. The number of rotatable bonds is 2. The van der Waals surface area contributed by atoms with Crippen LogP contribution in [0.15, 0.2) is 16.7 Å². The molecule has 0 unspecified atom stereocenters. The van der Waals surface area contributed by atoms with E-state index < -0.39 is 4.92 Å². The maximum atomic E-state index is 10.4. The van der Waals surface area contributed by atoms with Crippen molar-refractivity contribution in [2.45, 2.75) is 5.33 Å². The molecule has 6 heteroatoms.